The van der Waals surface area contributed by atoms with Crippen LogP contribution in [0.1, 0.15) is 0 Å². The fourth-order valence-corrected chi connectivity index (χ4v) is 8.69. The SMILES string of the molecule is c1ccc2c(-c3ccn(OB(On4ccc(-c5c6ccccc6cc6ccccc56)n4)On4ccc(-c5c6ccccc6cc6ccccc56)n4)n3)c3ccccc3cc2c1. The standard InChI is InChI=1S/C51H33BN6O3/c1-7-19-40-34(13-1)31-35-14-2-8-20-41(35)49(40)46-25-28-56(53-46)59-52(60-57-29-26-47(54-57)50-42-21-9-3-15-36(42)32-37-16-4-10-22-43(37)50)61-58-30-27-48(55-58)51-44-23-11-5-17-38(44)33-39-18-6-12-24-45(39)51/h1-33H. The molecule has 12 aromatic rings. The average molecular weight is 789 g/mol. The number of fused-ring (bicyclic) bond motifs is 6. The predicted octanol–water partition coefficient (Wildman–Crippen LogP) is 10.9. The Morgan fingerprint density at radius 1 is 0.295 bits per heavy atom. The van der Waals surface area contributed by atoms with E-state index in [0.29, 0.717) is 0 Å². The lowest BCUT2D eigenvalue weighted by Crippen LogP contribution is -2.49. The van der Waals surface area contributed by atoms with Gasteiger partial charge in [-0.25, -0.2) is 0 Å². The number of nitrogens with zero attached hydrogens (tertiary/aromatic N) is 6. The first-order valence-electron chi connectivity index (χ1n) is 20.1. The van der Waals surface area contributed by atoms with Crippen molar-refractivity contribution in [1.82, 2.24) is 29.8 Å². The molecule has 0 saturated carbocycles. The van der Waals surface area contributed by atoms with Crippen LogP contribution in [0, 0.1) is 0 Å². The smallest absolute Gasteiger partial charge is 0.380 e. The molecular weight excluding hydrogens is 755 g/mol. The van der Waals surface area contributed by atoms with E-state index < -0.39 is 7.32 Å². The van der Waals surface area contributed by atoms with Gasteiger partial charge in [0, 0.05) is 16.7 Å². The molecule has 0 saturated heterocycles. The molecule has 0 aliphatic rings. The van der Waals surface area contributed by atoms with Gasteiger partial charge in [-0.15, -0.1) is 29.8 Å². The van der Waals surface area contributed by atoms with Gasteiger partial charge >= 0.3 is 7.32 Å². The second kappa shape index (κ2) is 14.2. The number of hydrogen-bond acceptors (Lipinski definition) is 6. The van der Waals surface area contributed by atoms with Crippen LogP contribution < -0.4 is 14.3 Å². The molecule has 0 amide bonds. The van der Waals surface area contributed by atoms with Crippen molar-refractivity contribution in [1.29, 1.82) is 0 Å². The zero-order valence-corrected chi connectivity index (χ0v) is 32.5. The van der Waals surface area contributed by atoms with Gasteiger partial charge < -0.3 is 14.3 Å². The molecule has 0 unspecified atom stereocenters. The van der Waals surface area contributed by atoms with Crippen LogP contribution in [0.15, 0.2) is 201 Å². The fourth-order valence-electron chi connectivity index (χ4n) is 8.69. The monoisotopic (exact) mass is 788 g/mol. The third-order valence-corrected chi connectivity index (χ3v) is 11.4. The molecule has 3 aromatic heterocycles. The molecule has 0 N–H and O–H groups in total. The summed E-state index contributed by atoms with van der Waals surface area (Å²) in [6, 6.07) is 62.4. The molecule has 0 spiro atoms. The number of aromatic nitrogens is 6. The molecule has 0 bridgehead atoms. The van der Waals surface area contributed by atoms with E-state index in [2.05, 4.69) is 127 Å². The van der Waals surface area contributed by atoms with E-state index in [4.69, 9.17) is 29.6 Å². The zero-order chi connectivity index (χ0) is 40.3. The molecular formula is C51H33BN6O3. The highest BCUT2D eigenvalue weighted by Gasteiger charge is 2.35. The van der Waals surface area contributed by atoms with Crippen molar-refractivity contribution >= 4 is 72.0 Å². The van der Waals surface area contributed by atoms with E-state index in [1.165, 1.54) is 14.5 Å². The minimum Gasteiger partial charge on any atom is -0.380 e. The van der Waals surface area contributed by atoms with Gasteiger partial charge in [0.1, 0.15) is 0 Å². The molecule has 61 heavy (non-hydrogen) atoms. The summed E-state index contributed by atoms with van der Waals surface area (Å²) >= 11 is 0. The summed E-state index contributed by atoms with van der Waals surface area (Å²) in [5.41, 5.74) is 5.23. The summed E-state index contributed by atoms with van der Waals surface area (Å²) in [5.74, 6) is 0. The molecule has 0 fully saturated rings. The highest BCUT2D eigenvalue weighted by Crippen LogP contribution is 2.38. The molecule has 9 nitrogen and oxygen atoms in total. The van der Waals surface area contributed by atoms with Crippen LogP contribution in [0.4, 0.5) is 0 Å². The van der Waals surface area contributed by atoms with Crippen LogP contribution in [0.5, 0.6) is 0 Å². The van der Waals surface area contributed by atoms with E-state index in [-0.39, 0.29) is 0 Å². The summed E-state index contributed by atoms with van der Waals surface area (Å²) in [6.45, 7) is 0. The van der Waals surface area contributed by atoms with Gasteiger partial charge in [-0.3, -0.25) is 0 Å². The minimum atomic E-state index is -1.40. The normalized spacial score (nSPS) is 11.6. The maximum absolute atomic E-state index is 6.40. The van der Waals surface area contributed by atoms with Gasteiger partial charge in [-0.1, -0.05) is 146 Å². The van der Waals surface area contributed by atoms with Gasteiger partial charge in [0.15, 0.2) is 0 Å². The molecule has 0 atom stereocenters. The summed E-state index contributed by atoms with van der Waals surface area (Å²) in [6.07, 6.45) is 5.25. The van der Waals surface area contributed by atoms with Crippen LogP contribution in [0.3, 0.4) is 0 Å². The maximum Gasteiger partial charge on any atom is 0.929 e. The Kier molecular flexibility index (Phi) is 8.05. The first-order chi connectivity index (χ1) is 30.2. The molecule has 0 aliphatic heterocycles. The summed E-state index contributed by atoms with van der Waals surface area (Å²) in [7, 11) is -1.40. The summed E-state index contributed by atoms with van der Waals surface area (Å²) in [4.78, 5) is 4.09. The predicted molar refractivity (Wildman–Crippen MR) is 244 cm³/mol. The van der Waals surface area contributed by atoms with Gasteiger partial charge in [0.2, 0.25) is 0 Å². The second-order valence-corrected chi connectivity index (χ2v) is 15.0. The van der Waals surface area contributed by atoms with Crippen molar-refractivity contribution in [2.45, 2.75) is 0 Å². The third-order valence-electron chi connectivity index (χ3n) is 11.4. The van der Waals surface area contributed by atoms with E-state index in [1.54, 1.807) is 18.6 Å². The van der Waals surface area contributed by atoms with E-state index in [9.17, 15) is 0 Å². The number of hydrogen-bond donors (Lipinski definition) is 0. The molecule has 12 rings (SSSR count). The fraction of sp³-hybridized carbons (Fsp3) is 0. The molecule has 0 aliphatic carbocycles. The quantitative estimate of drug-likeness (QED) is 0.107. The van der Waals surface area contributed by atoms with E-state index >= 15 is 0 Å². The highest BCUT2D eigenvalue weighted by atomic mass is 16.9. The maximum atomic E-state index is 6.40. The number of benzene rings is 9. The van der Waals surface area contributed by atoms with Crippen molar-refractivity contribution in [2.75, 3.05) is 0 Å². The van der Waals surface area contributed by atoms with Crippen LogP contribution >= 0.6 is 0 Å². The Balaban J connectivity index is 0.932. The second-order valence-electron chi connectivity index (χ2n) is 15.0. The van der Waals surface area contributed by atoms with Crippen molar-refractivity contribution in [3.05, 3.63) is 201 Å². The lowest BCUT2D eigenvalue weighted by atomic mass is 9.95. The molecule has 288 valence electrons. The zero-order valence-electron chi connectivity index (χ0n) is 32.5. The molecule has 0 radical (unpaired) electrons. The third kappa shape index (κ3) is 6.08. The van der Waals surface area contributed by atoms with Crippen molar-refractivity contribution in [2.24, 2.45) is 0 Å². The Morgan fingerprint density at radius 2 is 0.525 bits per heavy atom. The Labute approximate surface area is 349 Å². The van der Waals surface area contributed by atoms with Gasteiger partial charge in [-0.05, 0) is 101 Å². The van der Waals surface area contributed by atoms with E-state index in [1.807, 2.05) is 54.6 Å². The molecule has 10 heteroatoms. The van der Waals surface area contributed by atoms with Crippen LogP contribution in [-0.4, -0.2) is 37.2 Å². The van der Waals surface area contributed by atoms with E-state index in [0.717, 1.165) is 98.4 Å². The lowest BCUT2D eigenvalue weighted by Gasteiger charge is -2.14. The van der Waals surface area contributed by atoms with Gasteiger partial charge in [-0.2, -0.15) is 0 Å². The van der Waals surface area contributed by atoms with Crippen LogP contribution in [-0.2, 0) is 0 Å². The lowest BCUT2D eigenvalue weighted by molar-refractivity contribution is 0.0407. The largest absolute Gasteiger partial charge is 0.929 e. The first kappa shape index (κ1) is 34.7. The summed E-state index contributed by atoms with van der Waals surface area (Å²) < 4.78 is 19.2. The Bertz CT molecular complexity index is 3090. The Hall–Kier alpha value is -8.37. The van der Waals surface area contributed by atoms with Gasteiger partial charge in [0.25, 0.3) is 0 Å². The summed E-state index contributed by atoms with van der Waals surface area (Å²) in [5, 5.41) is 28.0. The van der Waals surface area contributed by atoms with Crippen molar-refractivity contribution in [3.8, 4) is 33.8 Å². The average Bonchev–Trinajstić information content (AvgIpc) is 4.09. The Morgan fingerprint density at radius 3 is 0.770 bits per heavy atom. The number of rotatable bonds is 9. The molecule has 3 heterocycles. The van der Waals surface area contributed by atoms with Crippen molar-refractivity contribution in [3.63, 3.8) is 0 Å². The molecule has 9 aromatic carbocycles. The van der Waals surface area contributed by atoms with Crippen molar-refractivity contribution < 1.29 is 14.3 Å². The first-order valence-corrected chi connectivity index (χ1v) is 20.1. The van der Waals surface area contributed by atoms with Crippen LogP contribution in [0.2, 0.25) is 0 Å². The minimum absolute atomic E-state index is 0.736. The van der Waals surface area contributed by atoms with Gasteiger partial charge in [0.05, 0.1) is 35.7 Å². The van der Waals surface area contributed by atoms with Crippen LogP contribution in [0.25, 0.3) is 98.4 Å². The topological polar surface area (TPSA) is 81.1 Å². The highest BCUT2D eigenvalue weighted by molar-refractivity contribution is 6.37.